The predicted octanol–water partition coefficient (Wildman–Crippen LogP) is 0.443. The van der Waals surface area contributed by atoms with Crippen molar-refractivity contribution in [2.75, 3.05) is 33.4 Å². The third-order valence-electron chi connectivity index (χ3n) is 2.75. The zero-order valence-electron chi connectivity index (χ0n) is 10.3. The van der Waals surface area contributed by atoms with Gasteiger partial charge in [-0.05, 0) is 12.8 Å². The lowest BCUT2D eigenvalue weighted by Crippen LogP contribution is -2.46. The van der Waals surface area contributed by atoms with E-state index in [1.54, 1.807) is 7.11 Å². The Morgan fingerprint density at radius 2 is 1.93 bits per heavy atom. The molecule has 0 amide bonds. The smallest absolute Gasteiger partial charge is 0.0595 e. The third kappa shape index (κ3) is 6.10. The predicted molar refractivity (Wildman–Crippen MR) is 62.9 cm³/mol. The Balaban J connectivity index is 4.14. The van der Waals surface area contributed by atoms with Gasteiger partial charge in [0.05, 0.1) is 13.2 Å². The maximum atomic E-state index is 8.95. The number of hydrogen-bond acceptors (Lipinski definition) is 4. The molecule has 0 aliphatic carbocycles. The molecule has 0 aliphatic rings. The molecule has 0 aromatic heterocycles. The van der Waals surface area contributed by atoms with E-state index in [4.69, 9.17) is 15.6 Å². The van der Waals surface area contributed by atoms with Gasteiger partial charge in [0.1, 0.15) is 0 Å². The van der Waals surface area contributed by atoms with Gasteiger partial charge in [-0.1, -0.05) is 13.8 Å². The summed E-state index contributed by atoms with van der Waals surface area (Å²) in [5, 5.41) is 8.95. The summed E-state index contributed by atoms with van der Waals surface area (Å²) < 4.78 is 5.08. The molecule has 92 valence electrons. The van der Waals surface area contributed by atoms with Crippen molar-refractivity contribution in [2.24, 2.45) is 5.73 Å². The molecule has 0 radical (unpaired) electrons. The van der Waals surface area contributed by atoms with Crippen molar-refractivity contribution in [3.8, 4) is 0 Å². The van der Waals surface area contributed by atoms with Crippen LogP contribution < -0.4 is 5.73 Å². The fraction of sp³-hybridized carbons (Fsp3) is 1.00. The molecule has 1 atom stereocenters. The van der Waals surface area contributed by atoms with Crippen molar-refractivity contribution in [1.82, 2.24) is 4.90 Å². The zero-order chi connectivity index (χ0) is 11.7. The second kappa shape index (κ2) is 9.09. The van der Waals surface area contributed by atoms with E-state index in [-0.39, 0.29) is 12.6 Å². The number of nitrogens with zero attached hydrogens (tertiary/aromatic N) is 1. The lowest BCUT2D eigenvalue weighted by molar-refractivity contribution is 0.102. The number of aliphatic hydroxyl groups is 1. The van der Waals surface area contributed by atoms with Crippen molar-refractivity contribution in [2.45, 2.75) is 38.8 Å². The molecule has 1 unspecified atom stereocenters. The Bertz CT molecular complexity index is 141. The number of hydrogen-bond donors (Lipinski definition) is 2. The lowest BCUT2D eigenvalue weighted by Gasteiger charge is -2.31. The number of ether oxygens (including phenoxy) is 1. The molecular weight excluding hydrogens is 192 g/mol. The van der Waals surface area contributed by atoms with Crippen LogP contribution in [0.15, 0.2) is 0 Å². The fourth-order valence-electron chi connectivity index (χ4n) is 1.80. The Hall–Kier alpha value is -0.160. The maximum absolute atomic E-state index is 8.95. The Labute approximate surface area is 93.4 Å². The fourth-order valence-corrected chi connectivity index (χ4v) is 1.80. The molecule has 0 spiro atoms. The molecule has 4 nitrogen and oxygen atoms in total. The van der Waals surface area contributed by atoms with E-state index in [1.807, 2.05) is 0 Å². The summed E-state index contributed by atoms with van der Waals surface area (Å²) in [6, 6.07) is 0.389. The number of rotatable bonds is 9. The SMILES string of the molecule is CCC(CC)N(CCOC)CC(N)CO. The van der Waals surface area contributed by atoms with Crippen molar-refractivity contribution >= 4 is 0 Å². The van der Waals surface area contributed by atoms with Gasteiger partial charge in [0.25, 0.3) is 0 Å². The largest absolute Gasteiger partial charge is 0.395 e. The second-order valence-corrected chi connectivity index (χ2v) is 3.90. The summed E-state index contributed by atoms with van der Waals surface area (Å²) in [4.78, 5) is 2.31. The van der Waals surface area contributed by atoms with Crippen LogP contribution in [0.5, 0.6) is 0 Å². The molecule has 4 heteroatoms. The summed E-state index contributed by atoms with van der Waals surface area (Å²) in [6.45, 7) is 6.75. The van der Waals surface area contributed by atoms with Gasteiger partial charge in [-0.3, -0.25) is 4.90 Å². The highest BCUT2D eigenvalue weighted by molar-refractivity contribution is 4.74. The molecule has 15 heavy (non-hydrogen) atoms. The van der Waals surface area contributed by atoms with Crippen molar-refractivity contribution in [3.05, 3.63) is 0 Å². The van der Waals surface area contributed by atoms with Crippen LogP contribution in [0.2, 0.25) is 0 Å². The molecular formula is C11H26N2O2. The minimum absolute atomic E-state index is 0.0453. The van der Waals surface area contributed by atoms with E-state index in [0.717, 1.165) is 25.9 Å². The summed E-state index contributed by atoms with van der Waals surface area (Å²) in [5.41, 5.74) is 5.76. The van der Waals surface area contributed by atoms with Gasteiger partial charge in [0.2, 0.25) is 0 Å². The molecule has 0 rings (SSSR count). The van der Waals surface area contributed by atoms with Crippen LogP contribution in [0.3, 0.4) is 0 Å². The van der Waals surface area contributed by atoms with Gasteiger partial charge in [0.15, 0.2) is 0 Å². The quantitative estimate of drug-likeness (QED) is 0.590. The summed E-state index contributed by atoms with van der Waals surface area (Å²) in [7, 11) is 1.71. The molecule has 0 aliphatic heterocycles. The normalized spacial score (nSPS) is 13.8. The molecule has 3 N–H and O–H groups in total. The molecule has 0 aromatic carbocycles. The highest BCUT2D eigenvalue weighted by atomic mass is 16.5. The first-order chi connectivity index (χ1) is 7.19. The van der Waals surface area contributed by atoms with Crippen LogP contribution in [0.1, 0.15) is 26.7 Å². The van der Waals surface area contributed by atoms with E-state index in [9.17, 15) is 0 Å². The molecule has 0 heterocycles. The van der Waals surface area contributed by atoms with E-state index in [1.165, 1.54) is 0 Å². The molecule has 0 saturated heterocycles. The van der Waals surface area contributed by atoms with Crippen molar-refractivity contribution in [3.63, 3.8) is 0 Å². The van der Waals surface area contributed by atoms with E-state index >= 15 is 0 Å². The standard InChI is InChI=1S/C11H26N2O2/c1-4-11(5-2)13(6-7-15-3)8-10(12)9-14/h10-11,14H,4-9,12H2,1-3H3. The van der Waals surface area contributed by atoms with E-state index in [2.05, 4.69) is 18.7 Å². The Morgan fingerprint density at radius 3 is 2.33 bits per heavy atom. The van der Waals surface area contributed by atoms with Crippen LogP contribution in [0, 0.1) is 0 Å². The Morgan fingerprint density at radius 1 is 1.33 bits per heavy atom. The highest BCUT2D eigenvalue weighted by Gasteiger charge is 2.17. The lowest BCUT2D eigenvalue weighted by atomic mass is 10.1. The molecule has 0 saturated carbocycles. The van der Waals surface area contributed by atoms with Gasteiger partial charge >= 0.3 is 0 Å². The van der Waals surface area contributed by atoms with Gasteiger partial charge in [-0.15, -0.1) is 0 Å². The van der Waals surface area contributed by atoms with Crippen molar-refractivity contribution in [1.29, 1.82) is 0 Å². The third-order valence-corrected chi connectivity index (χ3v) is 2.75. The van der Waals surface area contributed by atoms with Gasteiger partial charge in [0, 0.05) is 32.3 Å². The van der Waals surface area contributed by atoms with Crippen LogP contribution in [-0.2, 0) is 4.74 Å². The number of aliphatic hydroxyl groups excluding tert-OH is 1. The minimum atomic E-state index is -0.151. The Kier molecular flexibility index (Phi) is 9.00. The monoisotopic (exact) mass is 218 g/mol. The molecule has 0 fully saturated rings. The van der Waals surface area contributed by atoms with Gasteiger partial charge < -0.3 is 15.6 Å². The van der Waals surface area contributed by atoms with Crippen molar-refractivity contribution < 1.29 is 9.84 Å². The number of nitrogens with two attached hydrogens (primary N) is 1. The van der Waals surface area contributed by atoms with Crippen LogP contribution >= 0.6 is 0 Å². The van der Waals surface area contributed by atoms with Gasteiger partial charge in [-0.2, -0.15) is 0 Å². The summed E-state index contributed by atoms with van der Waals surface area (Å²) in [5.74, 6) is 0. The van der Waals surface area contributed by atoms with Crippen LogP contribution in [-0.4, -0.2) is 55.5 Å². The summed E-state index contributed by atoms with van der Waals surface area (Å²) >= 11 is 0. The topological polar surface area (TPSA) is 58.7 Å². The van der Waals surface area contributed by atoms with Gasteiger partial charge in [-0.25, -0.2) is 0 Å². The van der Waals surface area contributed by atoms with Crippen LogP contribution in [0.25, 0.3) is 0 Å². The first kappa shape index (κ1) is 14.8. The number of methoxy groups -OCH3 is 1. The second-order valence-electron chi connectivity index (χ2n) is 3.90. The molecule has 0 bridgehead atoms. The summed E-state index contributed by atoms with van der Waals surface area (Å²) in [6.07, 6.45) is 2.22. The highest BCUT2D eigenvalue weighted by Crippen LogP contribution is 2.08. The van der Waals surface area contributed by atoms with E-state index in [0.29, 0.717) is 12.6 Å². The maximum Gasteiger partial charge on any atom is 0.0595 e. The average Bonchev–Trinajstić information content (AvgIpc) is 2.26. The average molecular weight is 218 g/mol. The first-order valence-corrected chi connectivity index (χ1v) is 5.78. The first-order valence-electron chi connectivity index (χ1n) is 5.78. The van der Waals surface area contributed by atoms with Crippen LogP contribution in [0.4, 0.5) is 0 Å². The zero-order valence-corrected chi connectivity index (χ0v) is 10.3. The minimum Gasteiger partial charge on any atom is -0.395 e. The van der Waals surface area contributed by atoms with E-state index < -0.39 is 0 Å². The molecule has 0 aromatic rings.